The van der Waals surface area contributed by atoms with Crippen molar-refractivity contribution in [3.63, 3.8) is 0 Å². The Balaban J connectivity index is 1.84. The third kappa shape index (κ3) is 4.91. The zero-order chi connectivity index (χ0) is 21.3. The maximum Gasteiger partial charge on any atom is 0.328 e. The van der Waals surface area contributed by atoms with Gasteiger partial charge < -0.3 is 10.1 Å². The maximum absolute atomic E-state index is 13.1. The molecule has 0 unspecified atom stereocenters. The van der Waals surface area contributed by atoms with E-state index >= 15 is 0 Å². The van der Waals surface area contributed by atoms with Crippen molar-refractivity contribution in [3.05, 3.63) is 88.6 Å². The zero-order valence-corrected chi connectivity index (χ0v) is 16.5. The van der Waals surface area contributed by atoms with E-state index in [1.807, 2.05) is 30.3 Å². The number of nitrogens with one attached hydrogen (secondary N) is 1. The molecule has 1 N–H and O–H groups in total. The summed E-state index contributed by atoms with van der Waals surface area (Å²) in [6.45, 7) is 0.403. The fourth-order valence-corrected chi connectivity index (χ4v) is 3.05. The van der Waals surface area contributed by atoms with Crippen molar-refractivity contribution in [1.29, 1.82) is 0 Å². The van der Waals surface area contributed by atoms with Gasteiger partial charge in [0.1, 0.15) is 5.75 Å². The number of carbonyl (C=O) groups is 1. The summed E-state index contributed by atoms with van der Waals surface area (Å²) in [4.78, 5) is 29.4. The quantitative estimate of drug-likeness (QED) is 0.338. The van der Waals surface area contributed by atoms with Gasteiger partial charge in [-0.25, -0.2) is 14.7 Å². The normalized spacial score (nSPS) is 10.3. The molecule has 8 nitrogen and oxygen atoms in total. The molecule has 0 aliphatic heterocycles. The van der Waals surface area contributed by atoms with Gasteiger partial charge in [0, 0.05) is 18.8 Å². The number of benzene rings is 2. The standard InChI is InChI=1S/C22H22N4O4/c1-30-20-14-6-5-12-18(20)25(21-19(26(28)29)13-8-15-23-21)22(27)24-16-7-11-17-9-3-2-4-10-17/h2-6,8-10,12-15H,7,11,16H2,1H3,(H,24,27). The molecular weight excluding hydrogens is 384 g/mol. The Labute approximate surface area is 174 Å². The molecule has 2 aromatic carbocycles. The van der Waals surface area contributed by atoms with Gasteiger partial charge in [-0.15, -0.1) is 0 Å². The number of aromatic nitrogens is 1. The lowest BCUT2D eigenvalue weighted by atomic mass is 10.1. The van der Waals surface area contributed by atoms with Crippen LogP contribution in [0.25, 0.3) is 0 Å². The average Bonchev–Trinajstić information content (AvgIpc) is 2.78. The van der Waals surface area contributed by atoms with Crippen LogP contribution in [0.1, 0.15) is 12.0 Å². The van der Waals surface area contributed by atoms with Crippen molar-refractivity contribution in [1.82, 2.24) is 10.3 Å². The van der Waals surface area contributed by atoms with E-state index in [1.165, 1.54) is 35.9 Å². The predicted octanol–water partition coefficient (Wildman–Crippen LogP) is 4.48. The van der Waals surface area contributed by atoms with E-state index in [-0.39, 0.29) is 11.5 Å². The van der Waals surface area contributed by atoms with Gasteiger partial charge in [-0.05, 0) is 36.6 Å². The fourth-order valence-electron chi connectivity index (χ4n) is 3.05. The summed E-state index contributed by atoms with van der Waals surface area (Å²) >= 11 is 0. The van der Waals surface area contributed by atoms with Crippen LogP contribution in [0, 0.1) is 10.1 Å². The number of para-hydroxylation sites is 2. The number of nitrogens with zero attached hydrogens (tertiary/aromatic N) is 3. The topological polar surface area (TPSA) is 97.6 Å². The second kappa shape index (κ2) is 10.0. The van der Waals surface area contributed by atoms with Crippen LogP contribution in [-0.2, 0) is 6.42 Å². The highest BCUT2D eigenvalue weighted by molar-refractivity contribution is 6.01. The van der Waals surface area contributed by atoms with Crippen LogP contribution in [0.15, 0.2) is 72.9 Å². The van der Waals surface area contributed by atoms with E-state index in [1.54, 1.807) is 24.3 Å². The van der Waals surface area contributed by atoms with Crippen LogP contribution in [0.3, 0.4) is 0 Å². The van der Waals surface area contributed by atoms with Crippen molar-refractivity contribution in [2.24, 2.45) is 0 Å². The summed E-state index contributed by atoms with van der Waals surface area (Å²) in [5.41, 5.74) is 1.26. The summed E-state index contributed by atoms with van der Waals surface area (Å²) in [6, 6.07) is 19.0. The summed E-state index contributed by atoms with van der Waals surface area (Å²) in [5, 5.41) is 14.4. The number of aryl methyl sites for hydroxylation is 1. The third-order valence-electron chi connectivity index (χ3n) is 4.47. The van der Waals surface area contributed by atoms with Gasteiger partial charge >= 0.3 is 11.7 Å². The number of pyridine rings is 1. The first kappa shape index (κ1) is 20.8. The van der Waals surface area contributed by atoms with Crippen molar-refractivity contribution < 1.29 is 14.5 Å². The minimum atomic E-state index is -0.562. The molecule has 0 atom stereocenters. The van der Waals surface area contributed by atoms with Crippen LogP contribution >= 0.6 is 0 Å². The highest BCUT2D eigenvalue weighted by Gasteiger charge is 2.29. The average molecular weight is 406 g/mol. The van der Waals surface area contributed by atoms with E-state index < -0.39 is 11.0 Å². The van der Waals surface area contributed by atoms with E-state index in [0.29, 0.717) is 18.0 Å². The Morgan fingerprint density at radius 2 is 1.83 bits per heavy atom. The van der Waals surface area contributed by atoms with Gasteiger partial charge in [0.15, 0.2) is 0 Å². The summed E-state index contributed by atoms with van der Waals surface area (Å²) in [7, 11) is 1.47. The molecule has 0 bridgehead atoms. The lowest BCUT2D eigenvalue weighted by Gasteiger charge is -2.23. The minimum absolute atomic E-state index is 0.0763. The molecule has 3 aromatic rings. The Morgan fingerprint density at radius 3 is 2.57 bits per heavy atom. The van der Waals surface area contributed by atoms with E-state index in [9.17, 15) is 14.9 Å². The molecule has 8 heteroatoms. The number of nitro groups is 1. The molecule has 0 aliphatic rings. The van der Waals surface area contributed by atoms with Crippen molar-refractivity contribution in [2.45, 2.75) is 12.8 Å². The van der Waals surface area contributed by atoms with Gasteiger partial charge in [0.25, 0.3) is 0 Å². The first-order valence-electron chi connectivity index (χ1n) is 9.46. The number of ether oxygens (including phenoxy) is 1. The molecule has 0 saturated heterocycles. The molecule has 1 aromatic heterocycles. The molecule has 0 saturated carbocycles. The van der Waals surface area contributed by atoms with E-state index in [2.05, 4.69) is 10.3 Å². The predicted molar refractivity (Wildman–Crippen MR) is 114 cm³/mol. The largest absolute Gasteiger partial charge is 0.495 e. The smallest absolute Gasteiger partial charge is 0.328 e. The summed E-state index contributed by atoms with van der Waals surface area (Å²) in [5.74, 6) is 0.324. The van der Waals surface area contributed by atoms with Crippen LogP contribution in [0.4, 0.5) is 22.0 Å². The second-order valence-electron chi connectivity index (χ2n) is 6.43. The molecule has 0 aliphatic carbocycles. The Hall–Kier alpha value is -3.94. The number of carbonyl (C=O) groups excluding carboxylic acids is 1. The molecule has 0 fully saturated rings. The Kier molecular flexibility index (Phi) is 6.94. The van der Waals surface area contributed by atoms with Crippen LogP contribution in [0.5, 0.6) is 5.75 Å². The first-order chi connectivity index (χ1) is 14.6. The number of methoxy groups -OCH3 is 1. The summed E-state index contributed by atoms with van der Waals surface area (Å²) < 4.78 is 5.36. The van der Waals surface area contributed by atoms with Gasteiger partial charge in [-0.3, -0.25) is 10.1 Å². The summed E-state index contributed by atoms with van der Waals surface area (Å²) in [6.07, 6.45) is 2.94. The number of anilines is 2. The molecule has 30 heavy (non-hydrogen) atoms. The van der Waals surface area contributed by atoms with Crippen molar-refractivity contribution in [3.8, 4) is 5.75 Å². The molecular formula is C22H22N4O4. The van der Waals surface area contributed by atoms with E-state index in [0.717, 1.165) is 12.8 Å². The SMILES string of the molecule is COc1ccccc1N(C(=O)NCCCc1ccccc1)c1ncccc1[N+](=O)[O-]. The zero-order valence-electron chi connectivity index (χ0n) is 16.5. The number of rotatable bonds is 8. The third-order valence-corrected chi connectivity index (χ3v) is 4.47. The van der Waals surface area contributed by atoms with Crippen LogP contribution < -0.4 is 15.0 Å². The number of urea groups is 1. The van der Waals surface area contributed by atoms with Gasteiger partial charge in [0.05, 0.1) is 17.7 Å². The molecule has 0 spiro atoms. The highest BCUT2D eigenvalue weighted by atomic mass is 16.6. The van der Waals surface area contributed by atoms with Crippen LogP contribution in [0.2, 0.25) is 0 Å². The molecule has 3 rings (SSSR count). The molecule has 0 radical (unpaired) electrons. The number of hydrogen-bond donors (Lipinski definition) is 1. The van der Waals surface area contributed by atoms with Crippen molar-refractivity contribution >= 4 is 23.2 Å². The fraction of sp³-hybridized carbons (Fsp3) is 0.182. The lowest BCUT2D eigenvalue weighted by molar-refractivity contribution is -0.384. The lowest BCUT2D eigenvalue weighted by Crippen LogP contribution is -2.38. The number of hydrogen-bond acceptors (Lipinski definition) is 5. The first-order valence-corrected chi connectivity index (χ1v) is 9.46. The monoisotopic (exact) mass is 406 g/mol. The van der Waals surface area contributed by atoms with Crippen molar-refractivity contribution in [2.75, 3.05) is 18.6 Å². The minimum Gasteiger partial charge on any atom is -0.495 e. The molecule has 2 amide bonds. The van der Waals surface area contributed by atoms with Gasteiger partial charge in [0.2, 0.25) is 5.82 Å². The Bertz CT molecular complexity index is 1010. The van der Waals surface area contributed by atoms with E-state index in [4.69, 9.17) is 4.74 Å². The van der Waals surface area contributed by atoms with Crippen LogP contribution in [-0.4, -0.2) is 29.6 Å². The Morgan fingerprint density at radius 1 is 1.10 bits per heavy atom. The number of amides is 2. The van der Waals surface area contributed by atoms with Gasteiger partial charge in [-0.1, -0.05) is 42.5 Å². The molecule has 1 heterocycles. The molecule has 154 valence electrons. The van der Waals surface area contributed by atoms with Gasteiger partial charge in [-0.2, -0.15) is 0 Å². The highest BCUT2D eigenvalue weighted by Crippen LogP contribution is 2.36. The maximum atomic E-state index is 13.1. The second-order valence-corrected chi connectivity index (χ2v) is 6.43.